The maximum Gasteiger partial charge on any atom is 0.00926 e. The third kappa shape index (κ3) is 7.08. The average molecular weight is 239 g/mol. The van der Waals surface area contributed by atoms with Gasteiger partial charge in [-0.1, -0.05) is 65.2 Å². The van der Waals surface area contributed by atoms with Crippen molar-refractivity contribution in [3.8, 4) is 0 Å². The van der Waals surface area contributed by atoms with Crippen molar-refractivity contribution in [1.29, 1.82) is 0 Å². The van der Waals surface area contributed by atoms with E-state index in [4.69, 9.17) is 0 Å². The van der Waals surface area contributed by atoms with Crippen LogP contribution in [0.25, 0.3) is 0 Å². The molecule has 1 heteroatoms. The number of hydrogen-bond acceptors (Lipinski definition) is 1. The molecule has 0 aromatic heterocycles. The minimum atomic E-state index is 0.813. The van der Waals surface area contributed by atoms with Gasteiger partial charge in [-0.2, -0.15) is 0 Å². The molecule has 0 heterocycles. The molecule has 2 unspecified atom stereocenters. The first kappa shape index (κ1) is 15.0. The van der Waals surface area contributed by atoms with Crippen LogP contribution in [-0.4, -0.2) is 12.6 Å². The molecule has 0 bridgehead atoms. The molecule has 1 aliphatic carbocycles. The van der Waals surface area contributed by atoms with Crippen molar-refractivity contribution in [2.45, 2.75) is 90.5 Å². The topological polar surface area (TPSA) is 12.0 Å². The van der Waals surface area contributed by atoms with Crippen molar-refractivity contribution in [3.05, 3.63) is 0 Å². The van der Waals surface area contributed by atoms with Crippen LogP contribution in [-0.2, 0) is 0 Å². The second-order valence-corrected chi connectivity index (χ2v) is 5.94. The monoisotopic (exact) mass is 239 g/mol. The Morgan fingerprint density at radius 2 is 1.59 bits per heavy atom. The SMILES string of the molecule is CCCCCCCCNC1CCCCCC1C. The molecule has 102 valence electrons. The zero-order chi connectivity index (χ0) is 12.3. The molecule has 0 amide bonds. The minimum absolute atomic E-state index is 0.813. The van der Waals surface area contributed by atoms with Gasteiger partial charge < -0.3 is 5.32 Å². The van der Waals surface area contributed by atoms with Crippen molar-refractivity contribution >= 4 is 0 Å². The van der Waals surface area contributed by atoms with Crippen LogP contribution in [0.3, 0.4) is 0 Å². The molecule has 0 radical (unpaired) electrons. The second kappa shape index (κ2) is 9.94. The molecule has 0 aromatic carbocycles. The van der Waals surface area contributed by atoms with Crippen molar-refractivity contribution in [1.82, 2.24) is 5.32 Å². The largest absolute Gasteiger partial charge is 0.314 e. The Morgan fingerprint density at radius 1 is 0.882 bits per heavy atom. The number of unbranched alkanes of at least 4 members (excludes halogenated alkanes) is 5. The van der Waals surface area contributed by atoms with E-state index in [1.807, 2.05) is 0 Å². The van der Waals surface area contributed by atoms with Crippen LogP contribution in [0, 0.1) is 5.92 Å². The van der Waals surface area contributed by atoms with Crippen LogP contribution in [0.2, 0.25) is 0 Å². The number of rotatable bonds is 8. The molecular weight excluding hydrogens is 206 g/mol. The maximum absolute atomic E-state index is 3.80. The van der Waals surface area contributed by atoms with E-state index in [2.05, 4.69) is 19.2 Å². The van der Waals surface area contributed by atoms with Crippen molar-refractivity contribution < 1.29 is 0 Å². The molecule has 1 N–H and O–H groups in total. The summed E-state index contributed by atoms with van der Waals surface area (Å²) in [6.07, 6.45) is 15.7. The summed E-state index contributed by atoms with van der Waals surface area (Å²) in [6.45, 7) is 5.97. The Labute approximate surface area is 109 Å². The third-order valence-electron chi connectivity index (χ3n) is 4.30. The van der Waals surface area contributed by atoms with E-state index >= 15 is 0 Å². The molecule has 0 saturated heterocycles. The van der Waals surface area contributed by atoms with Gasteiger partial charge in [0.1, 0.15) is 0 Å². The molecule has 2 atom stereocenters. The van der Waals surface area contributed by atoms with E-state index in [0.29, 0.717) is 0 Å². The maximum atomic E-state index is 3.80. The molecule has 0 spiro atoms. The predicted octanol–water partition coefficient (Wildman–Crippen LogP) is 4.91. The molecule has 1 saturated carbocycles. The standard InChI is InChI=1S/C16H33N/c1-3-4-5-6-7-11-14-17-16-13-10-8-9-12-15(16)2/h15-17H,3-14H2,1-2H3. The van der Waals surface area contributed by atoms with E-state index in [0.717, 1.165) is 12.0 Å². The van der Waals surface area contributed by atoms with E-state index in [1.54, 1.807) is 0 Å². The number of hydrogen-bond donors (Lipinski definition) is 1. The minimum Gasteiger partial charge on any atom is -0.314 e. The predicted molar refractivity (Wildman–Crippen MR) is 77.4 cm³/mol. The van der Waals surface area contributed by atoms with Gasteiger partial charge in [0.25, 0.3) is 0 Å². The van der Waals surface area contributed by atoms with Crippen LogP contribution < -0.4 is 5.32 Å². The van der Waals surface area contributed by atoms with Gasteiger partial charge >= 0.3 is 0 Å². The van der Waals surface area contributed by atoms with Crippen LogP contribution in [0.1, 0.15) is 84.5 Å². The summed E-state index contributed by atoms with van der Waals surface area (Å²) in [7, 11) is 0. The van der Waals surface area contributed by atoms with Crippen molar-refractivity contribution in [2.24, 2.45) is 5.92 Å². The van der Waals surface area contributed by atoms with Gasteiger partial charge in [0.05, 0.1) is 0 Å². The first-order chi connectivity index (χ1) is 8.34. The molecule has 0 aromatic rings. The Hall–Kier alpha value is -0.0400. The molecule has 1 nitrogen and oxygen atoms in total. The molecular formula is C16H33N. The fourth-order valence-corrected chi connectivity index (χ4v) is 2.99. The lowest BCUT2D eigenvalue weighted by Crippen LogP contribution is -2.34. The molecule has 1 rings (SSSR count). The van der Waals surface area contributed by atoms with Gasteiger partial charge in [0.15, 0.2) is 0 Å². The zero-order valence-corrected chi connectivity index (χ0v) is 12.1. The van der Waals surface area contributed by atoms with E-state index in [1.165, 1.54) is 77.2 Å². The van der Waals surface area contributed by atoms with Crippen molar-refractivity contribution in [3.63, 3.8) is 0 Å². The van der Waals surface area contributed by atoms with E-state index in [-0.39, 0.29) is 0 Å². The van der Waals surface area contributed by atoms with Gasteiger partial charge in [-0.15, -0.1) is 0 Å². The molecule has 1 fully saturated rings. The van der Waals surface area contributed by atoms with E-state index < -0.39 is 0 Å². The summed E-state index contributed by atoms with van der Waals surface area (Å²) in [5, 5.41) is 3.80. The first-order valence-electron chi connectivity index (χ1n) is 8.08. The van der Waals surface area contributed by atoms with Gasteiger partial charge in [-0.3, -0.25) is 0 Å². The fraction of sp³-hybridized carbons (Fsp3) is 1.00. The smallest absolute Gasteiger partial charge is 0.00926 e. The van der Waals surface area contributed by atoms with Gasteiger partial charge in [-0.25, -0.2) is 0 Å². The summed E-state index contributed by atoms with van der Waals surface area (Å²) >= 11 is 0. The summed E-state index contributed by atoms with van der Waals surface area (Å²) < 4.78 is 0. The molecule has 1 aliphatic rings. The van der Waals surface area contributed by atoms with Crippen LogP contribution in [0.15, 0.2) is 0 Å². The fourth-order valence-electron chi connectivity index (χ4n) is 2.99. The highest BCUT2D eigenvalue weighted by atomic mass is 14.9. The van der Waals surface area contributed by atoms with Crippen LogP contribution in [0.4, 0.5) is 0 Å². The lowest BCUT2D eigenvalue weighted by Gasteiger charge is -2.22. The second-order valence-electron chi connectivity index (χ2n) is 5.94. The third-order valence-corrected chi connectivity index (χ3v) is 4.30. The Morgan fingerprint density at radius 3 is 2.41 bits per heavy atom. The van der Waals surface area contributed by atoms with Gasteiger partial charge in [0, 0.05) is 6.04 Å². The van der Waals surface area contributed by atoms with Crippen LogP contribution in [0.5, 0.6) is 0 Å². The Bertz CT molecular complexity index is 167. The van der Waals surface area contributed by atoms with Crippen molar-refractivity contribution in [2.75, 3.05) is 6.54 Å². The lowest BCUT2D eigenvalue weighted by molar-refractivity contribution is 0.354. The van der Waals surface area contributed by atoms with E-state index in [9.17, 15) is 0 Å². The van der Waals surface area contributed by atoms with Crippen LogP contribution >= 0.6 is 0 Å². The Balaban J connectivity index is 1.97. The quantitative estimate of drug-likeness (QED) is 0.469. The molecule has 17 heavy (non-hydrogen) atoms. The highest BCUT2D eigenvalue weighted by Crippen LogP contribution is 2.22. The first-order valence-corrected chi connectivity index (χ1v) is 8.08. The number of nitrogens with one attached hydrogen (secondary N) is 1. The summed E-state index contributed by atoms with van der Waals surface area (Å²) in [5.74, 6) is 0.901. The molecule has 0 aliphatic heterocycles. The Kier molecular flexibility index (Phi) is 8.78. The summed E-state index contributed by atoms with van der Waals surface area (Å²) in [4.78, 5) is 0. The van der Waals surface area contributed by atoms with Gasteiger partial charge in [-0.05, 0) is 31.7 Å². The summed E-state index contributed by atoms with van der Waals surface area (Å²) in [6, 6.07) is 0.813. The average Bonchev–Trinajstić information content (AvgIpc) is 2.53. The zero-order valence-electron chi connectivity index (χ0n) is 12.1. The summed E-state index contributed by atoms with van der Waals surface area (Å²) in [5.41, 5.74) is 0. The highest BCUT2D eigenvalue weighted by molar-refractivity contribution is 4.76. The lowest BCUT2D eigenvalue weighted by atomic mass is 9.97. The highest BCUT2D eigenvalue weighted by Gasteiger charge is 2.18. The van der Waals surface area contributed by atoms with Gasteiger partial charge in [0.2, 0.25) is 0 Å². The normalized spacial score (nSPS) is 25.8.